The Labute approximate surface area is 166 Å². The van der Waals surface area contributed by atoms with Crippen LogP contribution in [0.4, 0.5) is 0 Å². The number of hydrogen-bond donors (Lipinski definition) is 0. The second-order valence-electron chi connectivity index (χ2n) is 7.21. The van der Waals surface area contributed by atoms with Crippen molar-refractivity contribution < 1.29 is 14.3 Å². The van der Waals surface area contributed by atoms with Crippen LogP contribution in [0.15, 0.2) is 23.8 Å². The van der Waals surface area contributed by atoms with Gasteiger partial charge in [0.15, 0.2) is 5.78 Å². The Kier molecular flexibility index (Phi) is 15.3. The molecule has 0 amide bonds. The smallest absolute Gasteiger partial charge is 0.305 e. The fourth-order valence-electron chi connectivity index (χ4n) is 2.74. The minimum atomic E-state index is -0.113. The number of carbonyl (C=O) groups excluding carboxylic acids is 2. The van der Waals surface area contributed by atoms with Gasteiger partial charge in [-0.2, -0.15) is 0 Å². The van der Waals surface area contributed by atoms with E-state index in [-0.39, 0.29) is 17.7 Å². The lowest BCUT2D eigenvalue weighted by Crippen LogP contribution is -2.07. The molecule has 0 heterocycles. The molecule has 1 rings (SSSR count). The van der Waals surface area contributed by atoms with Gasteiger partial charge in [-0.05, 0) is 57.9 Å². The molecule has 0 radical (unpaired) electrons. The SMILES string of the molecule is CC#CCC(C)C(=O)/C=C/C1CCCC1.CCC(C)=CCCCC(=O)OC. The highest BCUT2D eigenvalue weighted by molar-refractivity contribution is 5.91. The fraction of sp³-hybridized carbons (Fsp3) is 0.667. The lowest BCUT2D eigenvalue weighted by molar-refractivity contribution is -0.140. The first-order valence-corrected chi connectivity index (χ1v) is 10.3. The third kappa shape index (κ3) is 14.0. The van der Waals surface area contributed by atoms with Crippen LogP contribution in [-0.4, -0.2) is 18.9 Å². The topological polar surface area (TPSA) is 43.4 Å². The molecule has 1 aliphatic carbocycles. The first kappa shape index (κ1) is 25.2. The number of ether oxygens (including phenoxy) is 1. The van der Waals surface area contributed by atoms with E-state index in [0.717, 1.165) is 19.3 Å². The van der Waals surface area contributed by atoms with E-state index in [1.165, 1.54) is 38.4 Å². The van der Waals surface area contributed by atoms with Crippen molar-refractivity contribution in [3.05, 3.63) is 23.8 Å². The molecule has 0 bridgehead atoms. The molecule has 3 heteroatoms. The molecule has 27 heavy (non-hydrogen) atoms. The first-order chi connectivity index (χ1) is 12.9. The molecule has 0 aromatic heterocycles. The number of hydrogen-bond acceptors (Lipinski definition) is 3. The molecule has 0 aromatic carbocycles. The monoisotopic (exact) mass is 374 g/mol. The molecule has 1 aliphatic rings. The van der Waals surface area contributed by atoms with Gasteiger partial charge in [-0.1, -0.05) is 44.4 Å². The van der Waals surface area contributed by atoms with E-state index in [1.54, 1.807) is 6.08 Å². The summed E-state index contributed by atoms with van der Waals surface area (Å²) in [6, 6.07) is 0. The summed E-state index contributed by atoms with van der Waals surface area (Å²) in [6.45, 7) is 8.00. The van der Waals surface area contributed by atoms with E-state index >= 15 is 0 Å². The Balaban J connectivity index is 0.000000516. The lowest BCUT2D eigenvalue weighted by Gasteiger charge is -2.03. The average Bonchev–Trinajstić information content (AvgIpc) is 3.21. The first-order valence-electron chi connectivity index (χ1n) is 10.3. The van der Waals surface area contributed by atoms with Crippen molar-refractivity contribution in [1.29, 1.82) is 0 Å². The van der Waals surface area contributed by atoms with Gasteiger partial charge in [-0.15, -0.1) is 11.8 Å². The zero-order valence-electron chi connectivity index (χ0n) is 18.0. The standard InChI is InChI=1S/C14H20O.C10H18O2/c1-3-4-7-12(2)14(15)11-10-13-8-5-6-9-13;1-4-9(2)7-5-6-8-10(11)12-3/h10-13H,5-9H2,1-2H3;7H,4-6,8H2,1-3H3/b11-10+;. The zero-order valence-corrected chi connectivity index (χ0v) is 18.0. The molecule has 3 nitrogen and oxygen atoms in total. The number of methoxy groups -OCH3 is 1. The van der Waals surface area contributed by atoms with Gasteiger partial charge in [0.25, 0.3) is 0 Å². The molecule has 0 N–H and O–H groups in total. The highest BCUT2D eigenvalue weighted by atomic mass is 16.5. The second kappa shape index (κ2) is 16.4. The summed E-state index contributed by atoms with van der Waals surface area (Å²) in [7, 11) is 1.43. The average molecular weight is 375 g/mol. The van der Waals surface area contributed by atoms with E-state index in [0.29, 0.717) is 18.8 Å². The summed E-state index contributed by atoms with van der Waals surface area (Å²) < 4.78 is 4.52. The van der Waals surface area contributed by atoms with Gasteiger partial charge in [0.05, 0.1) is 7.11 Å². The second-order valence-corrected chi connectivity index (χ2v) is 7.21. The molecule has 1 atom stereocenters. The molecular formula is C24H38O3. The molecule has 0 saturated heterocycles. The van der Waals surface area contributed by atoms with Crippen LogP contribution in [0.5, 0.6) is 0 Å². The van der Waals surface area contributed by atoms with Gasteiger partial charge in [0, 0.05) is 18.8 Å². The van der Waals surface area contributed by atoms with Crippen molar-refractivity contribution in [2.45, 2.75) is 85.5 Å². The van der Waals surface area contributed by atoms with Crippen molar-refractivity contribution in [2.75, 3.05) is 7.11 Å². The largest absolute Gasteiger partial charge is 0.469 e. The van der Waals surface area contributed by atoms with Crippen LogP contribution in [0.2, 0.25) is 0 Å². The normalized spacial score (nSPS) is 15.5. The predicted molar refractivity (Wildman–Crippen MR) is 113 cm³/mol. The van der Waals surface area contributed by atoms with E-state index in [2.05, 4.69) is 42.6 Å². The third-order valence-electron chi connectivity index (χ3n) is 4.87. The fourth-order valence-corrected chi connectivity index (χ4v) is 2.74. The Morgan fingerprint density at radius 3 is 2.48 bits per heavy atom. The highest BCUT2D eigenvalue weighted by Crippen LogP contribution is 2.25. The summed E-state index contributed by atoms with van der Waals surface area (Å²) in [6.07, 6.45) is 15.4. The molecular weight excluding hydrogens is 336 g/mol. The Hall–Kier alpha value is -1.82. The van der Waals surface area contributed by atoms with E-state index in [1.807, 2.05) is 13.8 Å². The highest BCUT2D eigenvalue weighted by Gasteiger charge is 2.13. The van der Waals surface area contributed by atoms with Gasteiger partial charge in [-0.25, -0.2) is 0 Å². The van der Waals surface area contributed by atoms with Crippen molar-refractivity contribution in [2.24, 2.45) is 11.8 Å². The molecule has 1 unspecified atom stereocenters. The van der Waals surface area contributed by atoms with E-state index in [4.69, 9.17) is 0 Å². The van der Waals surface area contributed by atoms with Crippen molar-refractivity contribution in [3.8, 4) is 11.8 Å². The van der Waals surface area contributed by atoms with Gasteiger partial charge in [-0.3, -0.25) is 9.59 Å². The summed E-state index contributed by atoms with van der Waals surface area (Å²) in [5.74, 6) is 6.59. The molecule has 0 aromatic rings. The lowest BCUT2D eigenvalue weighted by atomic mass is 10.00. The van der Waals surface area contributed by atoms with Gasteiger partial charge in [0.1, 0.15) is 0 Å². The van der Waals surface area contributed by atoms with Crippen LogP contribution in [0, 0.1) is 23.7 Å². The van der Waals surface area contributed by atoms with Gasteiger partial charge in [0.2, 0.25) is 0 Å². The Bertz CT molecular complexity index is 540. The van der Waals surface area contributed by atoms with Crippen molar-refractivity contribution in [1.82, 2.24) is 0 Å². The summed E-state index contributed by atoms with van der Waals surface area (Å²) in [5.41, 5.74) is 1.39. The molecule has 1 fully saturated rings. The zero-order chi connectivity index (χ0) is 20.5. The number of allylic oxidation sites excluding steroid dienone is 4. The van der Waals surface area contributed by atoms with Gasteiger partial charge >= 0.3 is 5.97 Å². The van der Waals surface area contributed by atoms with Crippen molar-refractivity contribution in [3.63, 3.8) is 0 Å². The van der Waals surface area contributed by atoms with Crippen LogP contribution in [0.3, 0.4) is 0 Å². The maximum absolute atomic E-state index is 11.7. The minimum Gasteiger partial charge on any atom is -0.469 e. The number of carbonyl (C=O) groups is 2. The van der Waals surface area contributed by atoms with Gasteiger partial charge < -0.3 is 4.74 Å². The maximum Gasteiger partial charge on any atom is 0.305 e. The van der Waals surface area contributed by atoms with Crippen LogP contribution in [0.25, 0.3) is 0 Å². The van der Waals surface area contributed by atoms with Crippen LogP contribution < -0.4 is 0 Å². The maximum atomic E-state index is 11.7. The molecule has 0 spiro atoms. The quantitative estimate of drug-likeness (QED) is 0.162. The van der Waals surface area contributed by atoms with E-state index in [9.17, 15) is 9.59 Å². The van der Waals surface area contributed by atoms with Crippen LogP contribution in [0.1, 0.15) is 85.5 Å². The summed E-state index contributed by atoms with van der Waals surface area (Å²) in [4.78, 5) is 22.3. The van der Waals surface area contributed by atoms with Crippen LogP contribution in [-0.2, 0) is 14.3 Å². The third-order valence-corrected chi connectivity index (χ3v) is 4.87. The minimum absolute atomic E-state index is 0.0510. The van der Waals surface area contributed by atoms with Crippen molar-refractivity contribution >= 4 is 11.8 Å². The molecule has 152 valence electrons. The van der Waals surface area contributed by atoms with E-state index < -0.39 is 0 Å². The predicted octanol–water partition coefficient (Wildman–Crippen LogP) is 6.04. The molecule has 1 saturated carbocycles. The summed E-state index contributed by atoms with van der Waals surface area (Å²) in [5, 5.41) is 0. The molecule has 0 aliphatic heterocycles. The number of unbranched alkanes of at least 4 members (excludes halogenated alkanes) is 1. The Morgan fingerprint density at radius 1 is 1.26 bits per heavy atom. The number of esters is 1. The number of rotatable bonds is 9. The van der Waals surface area contributed by atoms with Crippen LogP contribution >= 0.6 is 0 Å². The number of ketones is 1. The Morgan fingerprint density at radius 2 is 1.93 bits per heavy atom. The summed E-state index contributed by atoms with van der Waals surface area (Å²) >= 11 is 0.